The van der Waals surface area contributed by atoms with Gasteiger partial charge in [-0.1, -0.05) is 6.08 Å². The maximum atomic E-state index is 12.6. The zero-order valence-corrected chi connectivity index (χ0v) is 12.9. The summed E-state index contributed by atoms with van der Waals surface area (Å²) in [5, 5.41) is 0.470. The molecule has 0 radical (unpaired) electrons. The molecule has 4 rings (SSSR count). The van der Waals surface area contributed by atoms with Gasteiger partial charge in [0, 0.05) is 19.3 Å². The Labute approximate surface area is 137 Å². The number of anilines is 1. The third kappa shape index (κ3) is 2.81. The first kappa shape index (κ1) is 14.6. The topological polar surface area (TPSA) is 84.2 Å². The molecule has 1 fully saturated rings. The molecule has 4 heterocycles. The Kier molecular flexibility index (Phi) is 3.84. The Morgan fingerprint density at radius 3 is 2.88 bits per heavy atom. The standard InChI is InChI=1S/C17H16N4O3/c22-16-14-12(3-4-13-2-1-9-24-13)5-6-18-15(14)19-17(20-16)21-7-10-23-11-8-21/h1-6,9H,7-8,10-11H2,(H,18,19,20,22)/b4-3+. The van der Waals surface area contributed by atoms with E-state index in [0.29, 0.717) is 49.0 Å². The molecule has 0 aromatic carbocycles. The second kappa shape index (κ2) is 6.29. The molecular formula is C17H16N4O3. The molecule has 3 aromatic heterocycles. The van der Waals surface area contributed by atoms with E-state index >= 15 is 0 Å². The van der Waals surface area contributed by atoms with E-state index in [1.807, 2.05) is 29.2 Å². The summed E-state index contributed by atoms with van der Waals surface area (Å²) in [5.74, 6) is 1.25. The van der Waals surface area contributed by atoms with Crippen molar-refractivity contribution in [3.63, 3.8) is 0 Å². The van der Waals surface area contributed by atoms with Crippen LogP contribution >= 0.6 is 0 Å². The van der Waals surface area contributed by atoms with E-state index < -0.39 is 0 Å². The molecule has 7 nitrogen and oxygen atoms in total. The molecule has 0 amide bonds. The van der Waals surface area contributed by atoms with Gasteiger partial charge >= 0.3 is 0 Å². The van der Waals surface area contributed by atoms with Crippen molar-refractivity contribution < 1.29 is 9.15 Å². The van der Waals surface area contributed by atoms with Crippen LogP contribution in [0.3, 0.4) is 0 Å². The summed E-state index contributed by atoms with van der Waals surface area (Å²) >= 11 is 0. The summed E-state index contributed by atoms with van der Waals surface area (Å²) in [4.78, 5) is 26.2. The first-order chi connectivity index (χ1) is 11.8. The van der Waals surface area contributed by atoms with Gasteiger partial charge in [-0.25, -0.2) is 4.98 Å². The fourth-order valence-electron chi connectivity index (χ4n) is 2.70. The largest absolute Gasteiger partial charge is 0.465 e. The molecule has 1 aliphatic rings. The molecule has 0 aliphatic carbocycles. The van der Waals surface area contributed by atoms with Gasteiger partial charge in [-0.3, -0.25) is 9.78 Å². The predicted octanol–water partition coefficient (Wildman–Crippen LogP) is 1.92. The average molecular weight is 324 g/mol. The number of furan rings is 1. The Bertz CT molecular complexity index is 925. The number of nitrogens with zero attached hydrogens (tertiary/aromatic N) is 3. The summed E-state index contributed by atoms with van der Waals surface area (Å²) in [6.07, 6.45) is 6.89. The molecule has 3 aromatic rings. The van der Waals surface area contributed by atoms with Crippen molar-refractivity contribution in [1.82, 2.24) is 15.0 Å². The van der Waals surface area contributed by atoms with Crippen LogP contribution in [0.25, 0.3) is 23.2 Å². The minimum Gasteiger partial charge on any atom is -0.465 e. The lowest BCUT2D eigenvalue weighted by Gasteiger charge is -2.27. The molecule has 0 unspecified atom stereocenters. The smallest absolute Gasteiger partial charge is 0.262 e. The number of fused-ring (bicyclic) bond motifs is 1. The van der Waals surface area contributed by atoms with E-state index in [2.05, 4.69) is 15.0 Å². The normalized spacial score (nSPS) is 15.4. The van der Waals surface area contributed by atoms with Crippen molar-refractivity contribution in [3.05, 3.63) is 52.3 Å². The highest BCUT2D eigenvalue weighted by Gasteiger charge is 2.16. The predicted molar refractivity (Wildman–Crippen MR) is 90.8 cm³/mol. The van der Waals surface area contributed by atoms with E-state index in [1.54, 1.807) is 18.5 Å². The van der Waals surface area contributed by atoms with E-state index in [0.717, 1.165) is 5.56 Å². The van der Waals surface area contributed by atoms with Crippen molar-refractivity contribution in [2.45, 2.75) is 0 Å². The number of pyridine rings is 1. The lowest BCUT2D eigenvalue weighted by atomic mass is 10.1. The van der Waals surface area contributed by atoms with E-state index in [-0.39, 0.29) is 5.56 Å². The highest BCUT2D eigenvalue weighted by Crippen LogP contribution is 2.17. The Morgan fingerprint density at radius 2 is 2.08 bits per heavy atom. The number of H-pyrrole nitrogens is 1. The maximum Gasteiger partial charge on any atom is 0.262 e. The summed E-state index contributed by atoms with van der Waals surface area (Å²) < 4.78 is 10.6. The van der Waals surface area contributed by atoms with E-state index in [1.165, 1.54) is 0 Å². The van der Waals surface area contributed by atoms with Crippen molar-refractivity contribution >= 4 is 29.1 Å². The SMILES string of the molecule is O=c1[nH]c(N2CCOCC2)nc2nccc(/C=C/c3ccco3)c12. The molecule has 24 heavy (non-hydrogen) atoms. The molecule has 1 aliphatic heterocycles. The number of aromatic amines is 1. The van der Waals surface area contributed by atoms with Crippen molar-refractivity contribution in [2.24, 2.45) is 0 Å². The molecule has 0 atom stereocenters. The van der Waals surface area contributed by atoms with Crippen molar-refractivity contribution in [3.8, 4) is 0 Å². The quantitative estimate of drug-likeness (QED) is 0.792. The van der Waals surface area contributed by atoms with Crippen LogP contribution < -0.4 is 10.5 Å². The van der Waals surface area contributed by atoms with Gasteiger partial charge in [0.15, 0.2) is 5.65 Å². The van der Waals surface area contributed by atoms with Gasteiger partial charge in [-0.2, -0.15) is 4.98 Å². The molecule has 1 N–H and O–H groups in total. The van der Waals surface area contributed by atoms with Crippen molar-refractivity contribution in [1.29, 1.82) is 0 Å². The summed E-state index contributed by atoms with van der Waals surface area (Å²) in [7, 11) is 0. The lowest BCUT2D eigenvalue weighted by molar-refractivity contribution is 0.122. The van der Waals surface area contributed by atoms with Gasteiger partial charge in [0.05, 0.1) is 24.9 Å². The average Bonchev–Trinajstić information content (AvgIpc) is 3.14. The van der Waals surface area contributed by atoms with Crippen LogP contribution in [0, 0.1) is 0 Å². The minimum absolute atomic E-state index is 0.200. The first-order valence-corrected chi connectivity index (χ1v) is 7.74. The number of hydrogen-bond donors (Lipinski definition) is 1. The number of hydrogen-bond acceptors (Lipinski definition) is 6. The lowest BCUT2D eigenvalue weighted by Crippen LogP contribution is -2.38. The Morgan fingerprint density at radius 1 is 1.21 bits per heavy atom. The second-order valence-electron chi connectivity index (χ2n) is 5.44. The van der Waals surface area contributed by atoms with Gasteiger partial charge in [-0.15, -0.1) is 0 Å². The second-order valence-corrected chi connectivity index (χ2v) is 5.44. The molecule has 0 spiro atoms. The zero-order chi connectivity index (χ0) is 16.4. The van der Waals surface area contributed by atoms with Gasteiger partial charge in [0.2, 0.25) is 5.95 Å². The summed E-state index contributed by atoms with van der Waals surface area (Å²) in [6, 6.07) is 5.44. The van der Waals surface area contributed by atoms with Crippen LogP contribution in [-0.4, -0.2) is 41.3 Å². The number of morpholine rings is 1. The number of ether oxygens (including phenoxy) is 1. The van der Waals surface area contributed by atoms with Crippen LogP contribution in [0.5, 0.6) is 0 Å². The van der Waals surface area contributed by atoms with Crippen LogP contribution in [0.1, 0.15) is 11.3 Å². The van der Waals surface area contributed by atoms with Crippen LogP contribution in [-0.2, 0) is 4.74 Å². The Balaban J connectivity index is 1.75. The van der Waals surface area contributed by atoms with Gasteiger partial charge in [0.25, 0.3) is 5.56 Å². The fourth-order valence-corrected chi connectivity index (χ4v) is 2.70. The van der Waals surface area contributed by atoms with E-state index in [4.69, 9.17) is 9.15 Å². The first-order valence-electron chi connectivity index (χ1n) is 7.74. The Hall–Kier alpha value is -2.93. The monoisotopic (exact) mass is 324 g/mol. The van der Waals surface area contributed by atoms with Crippen LogP contribution in [0.15, 0.2) is 39.9 Å². The zero-order valence-electron chi connectivity index (χ0n) is 12.9. The third-order valence-electron chi connectivity index (χ3n) is 3.91. The number of rotatable bonds is 3. The fraction of sp³-hybridized carbons (Fsp3) is 0.235. The molecule has 0 bridgehead atoms. The highest BCUT2D eigenvalue weighted by atomic mass is 16.5. The van der Waals surface area contributed by atoms with Crippen molar-refractivity contribution in [2.75, 3.05) is 31.2 Å². The molecule has 1 saturated heterocycles. The van der Waals surface area contributed by atoms with Gasteiger partial charge in [-0.05, 0) is 29.8 Å². The molecule has 0 saturated carbocycles. The number of aromatic nitrogens is 3. The highest BCUT2D eigenvalue weighted by molar-refractivity contribution is 5.87. The minimum atomic E-state index is -0.200. The van der Waals surface area contributed by atoms with Crippen LogP contribution in [0.4, 0.5) is 5.95 Å². The molecular weight excluding hydrogens is 308 g/mol. The maximum absolute atomic E-state index is 12.6. The number of nitrogens with one attached hydrogen (secondary N) is 1. The van der Waals surface area contributed by atoms with E-state index in [9.17, 15) is 4.79 Å². The summed E-state index contributed by atoms with van der Waals surface area (Å²) in [5.41, 5.74) is 0.981. The van der Waals surface area contributed by atoms with Crippen LogP contribution in [0.2, 0.25) is 0 Å². The third-order valence-corrected chi connectivity index (χ3v) is 3.91. The van der Waals surface area contributed by atoms with Gasteiger partial charge < -0.3 is 14.1 Å². The summed E-state index contributed by atoms with van der Waals surface area (Å²) in [6.45, 7) is 2.65. The molecule has 7 heteroatoms. The molecule has 122 valence electrons. The van der Waals surface area contributed by atoms with Gasteiger partial charge in [0.1, 0.15) is 5.76 Å².